The fourth-order valence-corrected chi connectivity index (χ4v) is 2.84. The number of aliphatic hydroxyl groups is 1. The van der Waals surface area contributed by atoms with Crippen LogP contribution in [0.5, 0.6) is 11.5 Å². The minimum atomic E-state index is -0.949. The number of benzene rings is 2. The number of rotatable bonds is 3. The van der Waals surface area contributed by atoms with Crippen molar-refractivity contribution in [2.45, 2.75) is 13.0 Å². The molecule has 0 bridgehead atoms. The third-order valence-electron chi connectivity index (χ3n) is 3.75. The van der Waals surface area contributed by atoms with Gasteiger partial charge in [-0.25, -0.2) is 9.67 Å². The van der Waals surface area contributed by atoms with Crippen molar-refractivity contribution in [1.82, 2.24) is 14.8 Å². The first-order chi connectivity index (χ1) is 11.6. The largest absolute Gasteiger partial charge is 0.454 e. The van der Waals surface area contributed by atoms with Crippen LogP contribution in [0, 0.1) is 6.92 Å². The van der Waals surface area contributed by atoms with Crippen LogP contribution in [-0.2, 0) is 0 Å². The van der Waals surface area contributed by atoms with E-state index in [0.717, 1.165) is 5.69 Å². The van der Waals surface area contributed by atoms with E-state index in [4.69, 9.17) is 21.1 Å². The zero-order valence-corrected chi connectivity index (χ0v) is 13.6. The Morgan fingerprint density at radius 3 is 2.83 bits per heavy atom. The van der Waals surface area contributed by atoms with Crippen LogP contribution >= 0.6 is 11.6 Å². The number of halogens is 1. The van der Waals surface area contributed by atoms with Crippen molar-refractivity contribution >= 4 is 11.6 Å². The maximum absolute atomic E-state index is 10.7. The Balaban J connectivity index is 1.78. The van der Waals surface area contributed by atoms with Gasteiger partial charge in [0.1, 0.15) is 11.9 Å². The number of aliphatic hydroxyl groups excluding tert-OH is 1. The maximum atomic E-state index is 10.7. The van der Waals surface area contributed by atoms with Crippen molar-refractivity contribution in [3.05, 3.63) is 64.7 Å². The SMILES string of the molecule is Cc1nc([C@@H](O)c2cccc(Cl)c2)n(-c2ccc3c(c2)OCO3)n1. The number of aromatic nitrogens is 3. The van der Waals surface area contributed by atoms with Gasteiger partial charge < -0.3 is 14.6 Å². The molecule has 0 saturated heterocycles. The molecule has 7 heteroatoms. The molecule has 1 aliphatic heterocycles. The Labute approximate surface area is 143 Å². The molecule has 6 nitrogen and oxygen atoms in total. The standard InChI is InChI=1S/C17H14ClN3O3/c1-10-19-17(16(22)11-3-2-4-12(18)7-11)21(20-10)13-5-6-14-15(8-13)24-9-23-14/h2-8,16,22H,9H2,1H3/t16-/m0/s1. The van der Waals surface area contributed by atoms with Gasteiger partial charge in [0.15, 0.2) is 17.3 Å². The molecular weight excluding hydrogens is 330 g/mol. The average molecular weight is 344 g/mol. The van der Waals surface area contributed by atoms with Crippen LogP contribution in [0.25, 0.3) is 5.69 Å². The van der Waals surface area contributed by atoms with Gasteiger partial charge in [0.2, 0.25) is 6.79 Å². The summed E-state index contributed by atoms with van der Waals surface area (Å²) in [7, 11) is 0. The summed E-state index contributed by atoms with van der Waals surface area (Å²) in [6.07, 6.45) is -0.949. The van der Waals surface area contributed by atoms with Crippen LogP contribution in [0.3, 0.4) is 0 Å². The Kier molecular flexibility index (Phi) is 3.63. The molecule has 122 valence electrons. The third-order valence-corrected chi connectivity index (χ3v) is 3.98. The van der Waals surface area contributed by atoms with Crippen LogP contribution in [0.15, 0.2) is 42.5 Å². The molecule has 1 aliphatic rings. The van der Waals surface area contributed by atoms with E-state index in [2.05, 4.69) is 10.1 Å². The Morgan fingerprint density at radius 2 is 2.00 bits per heavy atom. The molecule has 0 aliphatic carbocycles. The molecular formula is C17H14ClN3O3. The first-order valence-electron chi connectivity index (χ1n) is 7.39. The summed E-state index contributed by atoms with van der Waals surface area (Å²) in [5.74, 6) is 2.30. The summed E-state index contributed by atoms with van der Waals surface area (Å²) < 4.78 is 12.3. The van der Waals surface area contributed by atoms with E-state index in [1.165, 1.54) is 0 Å². The van der Waals surface area contributed by atoms with Crippen LogP contribution < -0.4 is 9.47 Å². The van der Waals surface area contributed by atoms with Gasteiger partial charge in [-0.2, -0.15) is 5.10 Å². The van der Waals surface area contributed by atoms with Gasteiger partial charge in [0.05, 0.1) is 5.69 Å². The summed E-state index contributed by atoms with van der Waals surface area (Å²) in [5, 5.41) is 15.7. The predicted molar refractivity (Wildman–Crippen MR) is 87.7 cm³/mol. The number of ether oxygens (including phenoxy) is 2. The number of hydrogen-bond acceptors (Lipinski definition) is 5. The third kappa shape index (κ3) is 2.60. The molecule has 0 unspecified atom stereocenters. The normalized spacial score (nSPS) is 14.0. The van der Waals surface area contributed by atoms with Gasteiger partial charge in [-0.3, -0.25) is 0 Å². The van der Waals surface area contributed by atoms with Crippen LogP contribution in [0.2, 0.25) is 5.02 Å². The van der Waals surface area contributed by atoms with Crippen molar-refractivity contribution in [1.29, 1.82) is 0 Å². The molecule has 0 radical (unpaired) electrons. The Bertz CT molecular complexity index is 910. The molecule has 1 N–H and O–H groups in total. The number of nitrogens with zero attached hydrogens (tertiary/aromatic N) is 3. The molecule has 0 amide bonds. The van der Waals surface area contributed by atoms with Crippen LogP contribution in [-0.4, -0.2) is 26.7 Å². The topological polar surface area (TPSA) is 69.4 Å². The molecule has 24 heavy (non-hydrogen) atoms. The highest BCUT2D eigenvalue weighted by Gasteiger charge is 2.22. The number of aryl methyl sites for hydroxylation is 1. The molecule has 1 atom stereocenters. The molecule has 0 saturated carbocycles. The van der Waals surface area contributed by atoms with Gasteiger partial charge in [-0.05, 0) is 36.8 Å². The first kappa shape index (κ1) is 15.0. The summed E-state index contributed by atoms with van der Waals surface area (Å²) in [6, 6.07) is 12.5. The lowest BCUT2D eigenvalue weighted by Gasteiger charge is -2.13. The number of fused-ring (bicyclic) bond motifs is 1. The lowest BCUT2D eigenvalue weighted by atomic mass is 10.1. The maximum Gasteiger partial charge on any atom is 0.231 e. The van der Waals surface area contributed by atoms with Gasteiger partial charge >= 0.3 is 0 Å². The zero-order valence-electron chi connectivity index (χ0n) is 12.8. The van der Waals surface area contributed by atoms with E-state index in [1.807, 2.05) is 18.2 Å². The van der Waals surface area contributed by atoms with Crippen molar-refractivity contribution in [3.8, 4) is 17.2 Å². The highest BCUT2D eigenvalue weighted by atomic mass is 35.5. The molecule has 0 spiro atoms. The summed E-state index contributed by atoms with van der Waals surface area (Å²) in [5.41, 5.74) is 1.38. The van der Waals surface area contributed by atoms with Crippen molar-refractivity contribution in [2.75, 3.05) is 6.79 Å². The minimum Gasteiger partial charge on any atom is -0.454 e. The van der Waals surface area contributed by atoms with E-state index >= 15 is 0 Å². The molecule has 2 aromatic carbocycles. The summed E-state index contributed by atoms with van der Waals surface area (Å²) in [4.78, 5) is 4.37. The monoisotopic (exact) mass is 343 g/mol. The molecule has 0 fully saturated rings. The van der Waals surface area contributed by atoms with Crippen molar-refractivity contribution in [3.63, 3.8) is 0 Å². The van der Waals surface area contributed by atoms with E-state index in [0.29, 0.717) is 33.7 Å². The molecule has 2 heterocycles. The molecule has 4 rings (SSSR count). The Morgan fingerprint density at radius 1 is 1.17 bits per heavy atom. The van der Waals surface area contributed by atoms with Crippen LogP contribution in [0.4, 0.5) is 0 Å². The van der Waals surface area contributed by atoms with E-state index in [9.17, 15) is 5.11 Å². The summed E-state index contributed by atoms with van der Waals surface area (Å²) >= 11 is 6.02. The molecule has 3 aromatic rings. The lowest BCUT2D eigenvalue weighted by molar-refractivity contribution is 0.174. The van der Waals surface area contributed by atoms with E-state index < -0.39 is 6.10 Å². The van der Waals surface area contributed by atoms with Gasteiger partial charge in [-0.1, -0.05) is 23.7 Å². The van der Waals surface area contributed by atoms with Gasteiger partial charge in [0.25, 0.3) is 0 Å². The Hall–Kier alpha value is -2.57. The van der Waals surface area contributed by atoms with Gasteiger partial charge in [0, 0.05) is 11.1 Å². The predicted octanol–water partition coefficient (Wildman–Crippen LogP) is 3.04. The fourth-order valence-electron chi connectivity index (χ4n) is 2.64. The quantitative estimate of drug-likeness (QED) is 0.791. The second kappa shape index (κ2) is 5.81. The highest BCUT2D eigenvalue weighted by molar-refractivity contribution is 6.30. The number of hydrogen-bond donors (Lipinski definition) is 1. The van der Waals surface area contributed by atoms with Crippen molar-refractivity contribution in [2.24, 2.45) is 0 Å². The summed E-state index contributed by atoms with van der Waals surface area (Å²) in [6.45, 7) is 1.98. The second-order valence-corrected chi connectivity index (χ2v) is 5.86. The zero-order chi connectivity index (χ0) is 16.7. The van der Waals surface area contributed by atoms with Crippen molar-refractivity contribution < 1.29 is 14.6 Å². The van der Waals surface area contributed by atoms with E-state index in [1.54, 1.807) is 35.9 Å². The van der Waals surface area contributed by atoms with Gasteiger partial charge in [-0.15, -0.1) is 0 Å². The average Bonchev–Trinajstić information content (AvgIpc) is 3.19. The first-order valence-corrected chi connectivity index (χ1v) is 7.77. The van der Waals surface area contributed by atoms with Crippen LogP contribution in [0.1, 0.15) is 23.3 Å². The minimum absolute atomic E-state index is 0.202. The smallest absolute Gasteiger partial charge is 0.231 e. The second-order valence-electron chi connectivity index (χ2n) is 5.42. The van der Waals surface area contributed by atoms with E-state index in [-0.39, 0.29) is 6.79 Å². The highest BCUT2D eigenvalue weighted by Crippen LogP contribution is 2.34. The fraction of sp³-hybridized carbons (Fsp3) is 0.176. The lowest BCUT2D eigenvalue weighted by Crippen LogP contribution is -2.10. The molecule has 1 aromatic heterocycles.